The molecule has 0 aliphatic carbocycles. The number of para-hydroxylation sites is 1. The van der Waals surface area contributed by atoms with Gasteiger partial charge >= 0.3 is 0 Å². The van der Waals surface area contributed by atoms with Crippen molar-refractivity contribution in [2.45, 2.75) is 46.6 Å². The molecule has 0 fully saturated rings. The van der Waals surface area contributed by atoms with Crippen molar-refractivity contribution >= 4 is 10.9 Å². The lowest BCUT2D eigenvalue weighted by Gasteiger charge is -2.24. The zero-order chi connectivity index (χ0) is 14.8. The fourth-order valence-corrected chi connectivity index (χ4v) is 2.66. The maximum absolute atomic E-state index is 4.71. The van der Waals surface area contributed by atoms with Gasteiger partial charge in [0.15, 0.2) is 0 Å². The highest BCUT2D eigenvalue weighted by molar-refractivity contribution is 5.81. The van der Waals surface area contributed by atoms with E-state index in [-0.39, 0.29) is 5.41 Å². The molecule has 0 radical (unpaired) electrons. The maximum atomic E-state index is 4.71. The summed E-state index contributed by atoms with van der Waals surface area (Å²) >= 11 is 0. The van der Waals surface area contributed by atoms with Crippen LogP contribution < -0.4 is 5.32 Å². The van der Waals surface area contributed by atoms with Gasteiger partial charge < -0.3 is 5.32 Å². The van der Waals surface area contributed by atoms with Gasteiger partial charge in [-0.25, -0.2) is 0 Å². The molecule has 2 aromatic rings. The Morgan fingerprint density at radius 1 is 1.25 bits per heavy atom. The molecule has 0 aliphatic heterocycles. The molecule has 3 heteroatoms. The number of hydrogen-bond donors (Lipinski definition) is 1. The summed E-state index contributed by atoms with van der Waals surface area (Å²) in [5, 5.41) is 9.51. The van der Waals surface area contributed by atoms with Crippen LogP contribution in [0.5, 0.6) is 0 Å². The van der Waals surface area contributed by atoms with E-state index in [0.717, 1.165) is 19.4 Å². The molecule has 0 unspecified atom stereocenters. The number of fused-ring (bicyclic) bond motifs is 1. The van der Waals surface area contributed by atoms with E-state index in [9.17, 15) is 0 Å². The van der Waals surface area contributed by atoms with Crippen molar-refractivity contribution in [3.05, 3.63) is 30.0 Å². The summed E-state index contributed by atoms with van der Waals surface area (Å²) in [6, 6.07) is 9.05. The second-order valence-corrected chi connectivity index (χ2v) is 6.79. The Hall–Kier alpha value is -1.35. The average Bonchev–Trinajstić information content (AvgIpc) is 2.65. The Labute approximate surface area is 122 Å². The molecule has 0 amide bonds. The highest BCUT2D eigenvalue weighted by atomic mass is 15.3. The molecule has 2 rings (SSSR count). The number of nitrogens with one attached hydrogen (secondary N) is 1. The monoisotopic (exact) mass is 273 g/mol. The minimum Gasteiger partial charge on any atom is -0.315 e. The number of benzene rings is 1. The molecule has 0 bridgehead atoms. The number of rotatable bonds is 6. The van der Waals surface area contributed by atoms with Crippen LogP contribution in [0.3, 0.4) is 0 Å². The molecule has 1 aromatic carbocycles. The smallest absolute Gasteiger partial charge is 0.0708 e. The highest BCUT2D eigenvalue weighted by Gasteiger charge is 2.21. The van der Waals surface area contributed by atoms with Crippen molar-refractivity contribution in [2.24, 2.45) is 12.5 Å². The summed E-state index contributed by atoms with van der Waals surface area (Å²) in [7, 11) is 2.03. The van der Waals surface area contributed by atoms with Crippen LogP contribution in [0.4, 0.5) is 0 Å². The molecule has 0 saturated heterocycles. The summed E-state index contributed by atoms with van der Waals surface area (Å²) in [6.45, 7) is 10.1. The van der Waals surface area contributed by atoms with Crippen molar-refractivity contribution in [2.75, 3.05) is 6.54 Å². The highest BCUT2D eigenvalue weighted by Crippen LogP contribution is 2.28. The molecule has 0 spiro atoms. The van der Waals surface area contributed by atoms with Crippen LogP contribution in [0.15, 0.2) is 24.3 Å². The average molecular weight is 273 g/mol. The molecule has 0 atom stereocenters. The summed E-state index contributed by atoms with van der Waals surface area (Å²) in [4.78, 5) is 0. The van der Waals surface area contributed by atoms with Gasteiger partial charge in [0.2, 0.25) is 0 Å². The molecule has 1 N–H and O–H groups in total. The third-order valence-electron chi connectivity index (χ3n) is 3.83. The van der Waals surface area contributed by atoms with Gasteiger partial charge in [-0.2, -0.15) is 5.10 Å². The summed E-state index contributed by atoms with van der Waals surface area (Å²) in [5.41, 5.74) is 2.70. The quantitative estimate of drug-likeness (QED) is 0.872. The Morgan fingerprint density at radius 3 is 2.65 bits per heavy atom. The van der Waals surface area contributed by atoms with E-state index in [1.165, 1.54) is 16.6 Å². The second kappa shape index (κ2) is 5.96. The first kappa shape index (κ1) is 15.0. The molecule has 110 valence electrons. The van der Waals surface area contributed by atoms with Gasteiger partial charge in [0, 0.05) is 18.5 Å². The fourth-order valence-electron chi connectivity index (χ4n) is 2.66. The van der Waals surface area contributed by atoms with E-state index in [1.807, 2.05) is 11.7 Å². The number of aryl methyl sites for hydroxylation is 1. The van der Waals surface area contributed by atoms with Crippen molar-refractivity contribution in [3.8, 4) is 0 Å². The fraction of sp³-hybridized carbons (Fsp3) is 0.588. The minimum absolute atomic E-state index is 0.263. The second-order valence-electron chi connectivity index (χ2n) is 6.79. The number of aromatic nitrogens is 2. The minimum atomic E-state index is 0.263. The van der Waals surface area contributed by atoms with E-state index in [1.54, 1.807) is 0 Å². The molecule has 1 aromatic heterocycles. The first-order valence-electron chi connectivity index (χ1n) is 7.53. The van der Waals surface area contributed by atoms with Gasteiger partial charge in [-0.05, 0) is 30.9 Å². The third-order valence-corrected chi connectivity index (χ3v) is 3.83. The zero-order valence-electron chi connectivity index (χ0n) is 13.4. The van der Waals surface area contributed by atoms with Crippen LogP contribution in [0.1, 0.15) is 39.8 Å². The van der Waals surface area contributed by atoms with E-state index >= 15 is 0 Å². The maximum Gasteiger partial charge on any atom is 0.0708 e. The topological polar surface area (TPSA) is 29.9 Å². The van der Waals surface area contributed by atoms with E-state index < -0.39 is 0 Å². The van der Waals surface area contributed by atoms with Gasteiger partial charge in [0.25, 0.3) is 0 Å². The zero-order valence-corrected chi connectivity index (χ0v) is 13.4. The van der Waals surface area contributed by atoms with Crippen molar-refractivity contribution in [1.82, 2.24) is 15.1 Å². The first-order chi connectivity index (χ1) is 9.39. The van der Waals surface area contributed by atoms with Crippen molar-refractivity contribution in [3.63, 3.8) is 0 Å². The van der Waals surface area contributed by atoms with E-state index in [0.29, 0.717) is 6.04 Å². The van der Waals surface area contributed by atoms with E-state index in [2.05, 4.69) is 57.3 Å². The van der Waals surface area contributed by atoms with Crippen LogP contribution in [0, 0.1) is 5.41 Å². The van der Waals surface area contributed by atoms with Gasteiger partial charge in [-0.3, -0.25) is 4.68 Å². The van der Waals surface area contributed by atoms with Crippen LogP contribution in [0.25, 0.3) is 10.9 Å². The van der Waals surface area contributed by atoms with Gasteiger partial charge in [-0.1, -0.05) is 45.9 Å². The Bertz CT molecular complexity index is 567. The molecule has 0 saturated carbocycles. The molecule has 0 aliphatic rings. The summed E-state index contributed by atoms with van der Waals surface area (Å²) in [5.74, 6) is 0. The molecule has 1 heterocycles. The Kier molecular flexibility index (Phi) is 4.48. The Balaban J connectivity index is 2.11. The van der Waals surface area contributed by atoms with Crippen LogP contribution in [-0.2, 0) is 13.5 Å². The van der Waals surface area contributed by atoms with Crippen LogP contribution in [-0.4, -0.2) is 22.4 Å². The molecule has 3 nitrogen and oxygen atoms in total. The van der Waals surface area contributed by atoms with Gasteiger partial charge in [0.05, 0.1) is 11.2 Å². The standard InChI is InChI=1S/C17H27N3/c1-13(2)18-11-10-17(3,4)12-15-14-8-6-7-9-16(14)20(5)19-15/h6-9,13,18H,10-12H2,1-5H3. The molecular weight excluding hydrogens is 246 g/mol. The first-order valence-corrected chi connectivity index (χ1v) is 7.53. The predicted molar refractivity (Wildman–Crippen MR) is 86.0 cm³/mol. The predicted octanol–water partition coefficient (Wildman–Crippen LogP) is 3.53. The lowest BCUT2D eigenvalue weighted by Crippen LogP contribution is -2.28. The van der Waals surface area contributed by atoms with E-state index in [4.69, 9.17) is 5.10 Å². The summed E-state index contributed by atoms with van der Waals surface area (Å²) < 4.78 is 1.99. The largest absolute Gasteiger partial charge is 0.315 e. The van der Waals surface area contributed by atoms with Crippen LogP contribution in [0.2, 0.25) is 0 Å². The summed E-state index contributed by atoms with van der Waals surface area (Å²) in [6.07, 6.45) is 2.18. The van der Waals surface area contributed by atoms with Gasteiger partial charge in [-0.15, -0.1) is 0 Å². The normalized spacial score (nSPS) is 12.5. The Morgan fingerprint density at radius 2 is 1.95 bits per heavy atom. The lowest BCUT2D eigenvalue weighted by atomic mass is 9.83. The number of hydrogen-bond acceptors (Lipinski definition) is 2. The molecule has 20 heavy (non-hydrogen) atoms. The van der Waals surface area contributed by atoms with Crippen LogP contribution >= 0.6 is 0 Å². The molecular formula is C17H27N3. The SMILES string of the molecule is CC(C)NCCC(C)(C)Cc1nn(C)c2ccccc12. The lowest BCUT2D eigenvalue weighted by molar-refractivity contribution is 0.317. The van der Waals surface area contributed by atoms with Gasteiger partial charge in [0.1, 0.15) is 0 Å². The van der Waals surface area contributed by atoms with Crippen molar-refractivity contribution in [1.29, 1.82) is 0 Å². The number of nitrogens with zero attached hydrogens (tertiary/aromatic N) is 2. The van der Waals surface area contributed by atoms with Crippen molar-refractivity contribution < 1.29 is 0 Å². The third kappa shape index (κ3) is 3.60.